The predicted molar refractivity (Wildman–Crippen MR) is 81.1 cm³/mol. The molecule has 1 aromatic carbocycles. The molecule has 1 aliphatic rings. The van der Waals surface area contributed by atoms with Crippen molar-refractivity contribution in [1.82, 2.24) is 9.88 Å². The Morgan fingerprint density at radius 3 is 2.38 bits per heavy atom. The fraction of sp³-hybridized carbons (Fsp3) is 0.294. The maximum absolute atomic E-state index is 10.8. The summed E-state index contributed by atoms with van der Waals surface area (Å²) in [5.74, 6) is -0.907. The van der Waals surface area contributed by atoms with Crippen molar-refractivity contribution in [3.05, 3.63) is 53.7 Å². The SMILES string of the molecule is O=C(O)c1ccc(-c2ccc(CN3CCCC3)cn2)cc1. The van der Waals surface area contributed by atoms with Gasteiger partial charge < -0.3 is 5.11 Å². The Hall–Kier alpha value is -2.20. The van der Waals surface area contributed by atoms with Gasteiger partial charge in [-0.15, -0.1) is 0 Å². The van der Waals surface area contributed by atoms with Crippen LogP contribution in [0.5, 0.6) is 0 Å². The van der Waals surface area contributed by atoms with Crippen molar-refractivity contribution in [2.24, 2.45) is 0 Å². The minimum atomic E-state index is -0.907. The van der Waals surface area contributed by atoms with Crippen molar-refractivity contribution in [3.63, 3.8) is 0 Å². The molecule has 0 bridgehead atoms. The summed E-state index contributed by atoms with van der Waals surface area (Å²) in [5.41, 5.74) is 3.33. The summed E-state index contributed by atoms with van der Waals surface area (Å²) >= 11 is 0. The first-order chi connectivity index (χ1) is 10.2. The zero-order valence-corrected chi connectivity index (χ0v) is 11.8. The van der Waals surface area contributed by atoms with E-state index in [1.165, 1.54) is 31.5 Å². The normalized spacial score (nSPS) is 15.2. The average Bonchev–Trinajstić information content (AvgIpc) is 3.01. The van der Waals surface area contributed by atoms with Crippen molar-refractivity contribution >= 4 is 5.97 Å². The van der Waals surface area contributed by atoms with Gasteiger partial charge in [-0.1, -0.05) is 18.2 Å². The van der Waals surface area contributed by atoms with E-state index in [0.29, 0.717) is 5.56 Å². The number of benzene rings is 1. The van der Waals surface area contributed by atoms with Crippen LogP contribution in [0.1, 0.15) is 28.8 Å². The minimum Gasteiger partial charge on any atom is -0.478 e. The largest absolute Gasteiger partial charge is 0.478 e. The lowest BCUT2D eigenvalue weighted by molar-refractivity contribution is 0.0697. The lowest BCUT2D eigenvalue weighted by atomic mass is 10.1. The molecule has 1 aromatic heterocycles. The molecule has 0 spiro atoms. The molecular weight excluding hydrogens is 264 g/mol. The summed E-state index contributed by atoms with van der Waals surface area (Å²) in [5, 5.41) is 8.90. The highest BCUT2D eigenvalue weighted by Gasteiger charge is 2.12. The van der Waals surface area contributed by atoms with Gasteiger partial charge >= 0.3 is 5.97 Å². The number of hydrogen-bond donors (Lipinski definition) is 1. The summed E-state index contributed by atoms with van der Waals surface area (Å²) in [6, 6.07) is 10.9. The molecule has 1 N–H and O–H groups in total. The highest BCUT2D eigenvalue weighted by Crippen LogP contribution is 2.19. The number of rotatable bonds is 4. The van der Waals surface area contributed by atoms with Gasteiger partial charge in [-0.2, -0.15) is 0 Å². The fourth-order valence-corrected chi connectivity index (χ4v) is 2.67. The van der Waals surface area contributed by atoms with Gasteiger partial charge in [0.2, 0.25) is 0 Å². The van der Waals surface area contributed by atoms with Crippen LogP contribution in [0, 0.1) is 0 Å². The zero-order chi connectivity index (χ0) is 14.7. The predicted octanol–water partition coefficient (Wildman–Crippen LogP) is 3.04. The molecule has 1 fully saturated rings. The number of pyridine rings is 1. The average molecular weight is 282 g/mol. The first kappa shape index (κ1) is 13.8. The molecule has 4 heteroatoms. The third kappa shape index (κ3) is 3.28. The number of likely N-dealkylation sites (tertiary alicyclic amines) is 1. The van der Waals surface area contributed by atoms with E-state index in [9.17, 15) is 4.79 Å². The maximum Gasteiger partial charge on any atom is 0.335 e. The number of aromatic carboxylic acids is 1. The molecule has 1 saturated heterocycles. The van der Waals surface area contributed by atoms with Gasteiger partial charge in [-0.05, 0) is 49.7 Å². The second-order valence-corrected chi connectivity index (χ2v) is 5.42. The van der Waals surface area contributed by atoms with Crippen LogP contribution in [0.4, 0.5) is 0 Å². The first-order valence-corrected chi connectivity index (χ1v) is 7.23. The monoisotopic (exact) mass is 282 g/mol. The Morgan fingerprint density at radius 1 is 1.10 bits per heavy atom. The van der Waals surface area contributed by atoms with Crippen molar-refractivity contribution in [2.75, 3.05) is 13.1 Å². The molecule has 0 aliphatic carbocycles. The molecule has 21 heavy (non-hydrogen) atoms. The summed E-state index contributed by atoms with van der Waals surface area (Å²) in [6.07, 6.45) is 4.50. The third-order valence-electron chi connectivity index (χ3n) is 3.86. The molecule has 4 nitrogen and oxygen atoms in total. The second kappa shape index (κ2) is 6.06. The van der Waals surface area contributed by atoms with Gasteiger partial charge in [-0.3, -0.25) is 9.88 Å². The number of aromatic nitrogens is 1. The Balaban J connectivity index is 1.72. The highest BCUT2D eigenvalue weighted by molar-refractivity contribution is 5.88. The third-order valence-corrected chi connectivity index (χ3v) is 3.86. The van der Waals surface area contributed by atoms with Crippen LogP contribution in [0.15, 0.2) is 42.6 Å². The standard InChI is InChI=1S/C17H18N2O2/c20-17(21)15-6-4-14(5-7-15)16-8-3-13(11-18-16)12-19-9-1-2-10-19/h3-8,11H,1-2,9-10,12H2,(H,20,21). The zero-order valence-electron chi connectivity index (χ0n) is 11.8. The molecule has 0 radical (unpaired) electrons. The Labute approximate surface area is 124 Å². The molecule has 0 saturated carbocycles. The van der Waals surface area contributed by atoms with Crippen molar-refractivity contribution in [1.29, 1.82) is 0 Å². The molecule has 0 amide bonds. The van der Waals surface area contributed by atoms with E-state index < -0.39 is 5.97 Å². The summed E-state index contributed by atoms with van der Waals surface area (Å²) in [6.45, 7) is 3.32. The topological polar surface area (TPSA) is 53.4 Å². The van der Waals surface area contributed by atoms with Crippen molar-refractivity contribution < 1.29 is 9.90 Å². The molecule has 0 atom stereocenters. The van der Waals surface area contributed by atoms with Crippen LogP contribution in [0.2, 0.25) is 0 Å². The highest BCUT2D eigenvalue weighted by atomic mass is 16.4. The second-order valence-electron chi connectivity index (χ2n) is 5.42. The number of carboxylic acid groups (broad SMARTS) is 1. The Bertz CT molecular complexity index is 614. The van der Waals surface area contributed by atoms with Gasteiger partial charge in [0.25, 0.3) is 0 Å². The van der Waals surface area contributed by atoms with E-state index >= 15 is 0 Å². The summed E-state index contributed by atoms with van der Waals surface area (Å²) < 4.78 is 0. The van der Waals surface area contributed by atoms with Crippen LogP contribution in [-0.2, 0) is 6.54 Å². The molecule has 1 aliphatic heterocycles. The number of carboxylic acids is 1. The molecular formula is C17H18N2O2. The van der Waals surface area contributed by atoms with Gasteiger partial charge in [-0.25, -0.2) is 4.79 Å². The smallest absolute Gasteiger partial charge is 0.335 e. The molecule has 2 heterocycles. The van der Waals surface area contributed by atoms with Crippen LogP contribution in [0.25, 0.3) is 11.3 Å². The van der Waals surface area contributed by atoms with Gasteiger partial charge in [0.15, 0.2) is 0 Å². The van der Waals surface area contributed by atoms with E-state index in [1.54, 1.807) is 24.3 Å². The van der Waals surface area contributed by atoms with E-state index in [2.05, 4.69) is 16.0 Å². The fourth-order valence-electron chi connectivity index (χ4n) is 2.67. The Morgan fingerprint density at radius 2 is 1.81 bits per heavy atom. The van der Waals surface area contributed by atoms with Gasteiger partial charge in [0, 0.05) is 18.3 Å². The Kier molecular flexibility index (Phi) is 3.97. The van der Waals surface area contributed by atoms with E-state index in [1.807, 2.05) is 12.3 Å². The molecule has 0 unspecified atom stereocenters. The van der Waals surface area contributed by atoms with Crippen LogP contribution in [-0.4, -0.2) is 34.0 Å². The number of hydrogen-bond acceptors (Lipinski definition) is 3. The minimum absolute atomic E-state index is 0.296. The van der Waals surface area contributed by atoms with Crippen LogP contribution < -0.4 is 0 Å². The van der Waals surface area contributed by atoms with E-state index in [4.69, 9.17) is 5.11 Å². The number of carbonyl (C=O) groups is 1. The summed E-state index contributed by atoms with van der Waals surface area (Å²) in [7, 11) is 0. The first-order valence-electron chi connectivity index (χ1n) is 7.23. The maximum atomic E-state index is 10.8. The van der Waals surface area contributed by atoms with Crippen LogP contribution in [0.3, 0.4) is 0 Å². The van der Waals surface area contributed by atoms with Gasteiger partial charge in [0.1, 0.15) is 0 Å². The van der Waals surface area contributed by atoms with E-state index in [-0.39, 0.29) is 0 Å². The van der Waals surface area contributed by atoms with Crippen LogP contribution >= 0.6 is 0 Å². The van der Waals surface area contributed by atoms with Crippen molar-refractivity contribution in [2.45, 2.75) is 19.4 Å². The quantitative estimate of drug-likeness (QED) is 0.936. The van der Waals surface area contributed by atoms with E-state index in [0.717, 1.165) is 17.8 Å². The lowest BCUT2D eigenvalue weighted by Gasteiger charge is -2.14. The van der Waals surface area contributed by atoms with Crippen molar-refractivity contribution in [3.8, 4) is 11.3 Å². The van der Waals surface area contributed by atoms with Gasteiger partial charge in [0.05, 0.1) is 11.3 Å². The summed E-state index contributed by atoms with van der Waals surface area (Å²) in [4.78, 5) is 17.8. The molecule has 3 rings (SSSR count). The number of nitrogens with zero attached hydrogens (tertiary/aromatic N) is 2. The molecule has 2 aromatic rings. The molecule has 108 valence electrons. The lowest BCUT2D eigenvalue weighted by Crippen LogP contribution is -2.18.